The predicted octanol–water partition coefficient (Wildman–Crippen LogP) is 4.08. The number of hydrogen-bond donors (Lipinski definition) is 1. The molecule has 1 atom stereocenters. The van der Waals surface area contributed by atoms with E-state index in [1.807, 2.05) is 4.90 Å². The summed E-state index contributed by atoms with van der Waals surface area (Å²) in [6.07, 6.45) is 2.03. The van der Waals surface area contributed by atoms with Crippen LogP contribution in [0.2, 0.25) is 10.0 Å². The number of nitrogens with one attached hydrogen (secondary N) is 1. The van der Waals surface area contributed by atoms with Crippen molar-refractivity contribution >= 4 is 52.3 Å². The largest absolute Gasteiger partial charge is 0.449 e. The van der Waals surface area contributed by atoms with Gasteiger partial charge in [-0.2, -0.15) is 0 Å². The van der Waals surface area contributed by atoms with Gasteiger partial charge in [0.15, 0.2) is 11.9 Å². The summed E-state index contributed by atoms with van der Waals surface area (Å²) in [6, 6.07) is 5.55. The second kappa shape index (κ2) is 9.27. The first-order valence-electron chi connectivity index (χ1n) is 9.12. The number of nitro groups is 1. The van der Waals surface area contributed by atoms with Gasteiger partial charge < -0.3 is 15.0 Å². The van der Waals surface area contributed by atoms with Crippen molar-refractivity contribution in [2.45, 2.75) is 25.9 Å². The lowest BCUT2D eigenvalue weighted by molar-refractivity contribution is -0.384. The minimum Gasteiger partial charge on any atom is -0.449 e. The lowest BCUT2D eigenvalue weighted by Crippen LogP contribution is -2.30. The summed E-state index contributed by atoms with van der Waals surface area (Å²) in [5.41, 5.74) is 0.260. The fourth-order valence-electron chi connectivity index (χ4n) is 3.03. The molecule has 0 aliphatic carbocycles. The van der Waals surface area contributed by atoms with Crippen molar-refractivity contribution in [3.8, 4) is 0 Å². The van der Waals surface area contributed by atoms with Crippen LogP contribution < -0.4 is 10.2 Å². The van der Waals surface area contributed by atoms with Crippen molar-refractivity contribution in [2.75, 3.05) is 23.3 Å². The molecule has 1 saturated heterocycles. The number of ether oxygens (including phenoxy) is 1. The van der Waals surface area contributed by atoms with Gasteiger partial charge in [-0.05, 0) is 38.0 Å². The molecule has 1 unspecified atom stereocenters. The fourth-order valence-corrected chi connectivity index (χ4v) is 3.46. The molecule has 1 N–H and O–H groups in total. The van der Waals surface area contributed by atoms with Crippen molar-refractivity contribution < 1.29 is 19.2 Å². The zero-order valence-electron chi connectivity index (χ0n) is 15.9. The van der Waals surface area contributed by atoms with Gasteiger partial charge in [-0.15, -0.1) is 0 Å². The van der Waals surface area contributed by atoms with E-state index in [-0.39, 0.29) is 22.1 Å². The highest BCUT2D eigenvalue weighted by molar-refractivity contribution is 6.36. The first-order valence-corrected chi connectivity index (χ1v) is 9.88. The molecule has 2 heterocycles. The third-order valence-electron chi connectivity index (χ3n) is 4.56. The Morgan fingerprint density at radius 3 is 2.60 bits per heavy atom. The average Bonchev–Trinajstić information content (AvgIpc) is 3.24. The highest BCUT2D eigenvalue weighted by Crippen LogP contribution is 2.32. The molecule has 0 radical (unpaired) electrons. The van der Waals surface area contributed by atoms with Crippen molar-refractivity contribution in [3.63, 3.8) is 0 Å². The van der Waals surface area contributed by atoms with Crippen LogP contribution in [0.1, 0.15) is 30.1 Å². The maximum absolute atomic E-state index is 12.4. The van der Waals surface area contributed by atoms with Crippen LogP contribution >= 0.6 is 23.2 Å². The number of benzene rings is 1. The Labute approximate surface area is 182 Å². The number of esters is 1. The fraction of sp³-hybridized carbons (Fsp3) is 0.316. The Morgan fingerprint density at radius 1 is 1.27 bits per heavy atom. The van der Waals surface area contributed by atoms with Crippen LogP contribution in [0.5, 0.6) is 0 Å². The molecule has 30 heavy (non-hydrogen) atoms. The van der Waals surface area contributed by atoms with Gasteiger partial charge >= 0.3 is 5.97 Å². The van der Waals surface area contributed by atoms with Crippen LogP contribution in [0.25, 0.3) is 0 Å². The van der Waals surface area contributed by atoms with E-state index in [9.17, 15) is 19.7 Å². The maximum atomic E-state index is 12.4. The minimum atomic E-state index is -1.19. The van der Waals surface area contributed by atoms with Crippen molar-refractivity contribution in [1.82, 2.24) is 4.98 Å². The number of hydrogen-bond acceptors (Lipinski definition) is 7. The van der Waals surface area contributed by atoms with Crippen LogP contribution in [0.3, 0.4) is 0 Å². The standard InChI is InChI=1S/C19H18Cl2N4O5/c1-11(18(26)23-17-14(21)9-13(20)10-22-17)30-19(27)12-4-5-15(16(8-12)25(28)29)24-6-2-3-7-24/h4-5,8-11H,2-3,6-7H2,1H3,(H,22,23,26). The monoisotopic (exact) mass is 452 g/mol. The van der Waals surface area contributed by atoms with Gasteiger partial charge in [-0.25, -0.2) is 9.78 Å². The average molecular weight is 453 g/mol. The van der Waals surface area contributed by atoms with Gasteiger partial charge in [0, 0.05) is 25.4 Å². The summed E-state index contributed by atoms with van der Waals surface area (Å²) in [5, 5.41) is 14.3. The Kier molecular flexibility index (Phi) is 6.73. The van der Waals surface area contributed by atoms with Crippen LogP contribution in [-0.2, 0) is 9.53 Å². The second-order valence-electron chi connectivity index (χ2n) is 6.68. The normalized spacial score (nSPS) is 14.3. The highest BCUT2D eigenvalue weighted by Gasteiger charge is 2.26. The topological polar surface area (TPSA) is 115 Å². The predicted molar refractivity (Wildman–Crippen MR) is 112 cm³/mol. The molecule has 9 nitrogen and oxygen atoms in total. The number of nitro benzene ring substituents is 1. The van der Waals surface area contributed by atoms with Gasteiger partial charge in [-0.1, -0.05) is 23.2 Å². The minimum absolute atomic E-state index is 0.0213. The number of aromatic nitrogens is 1. The molecule has 1 aliphatic heterocycles. The number of anilines is 2. The van der Waals surface area contributed by atoms with Crippen LogP contribution in [0.4, 0.5) is 17.2 Å². The smallest absolute Gasteiger partial charge is 0.339 e. The number of carbonyl (C=O) groups excluding carboxylic acids is 2. The van der Waals surface area contributed by atoms with Gasteiger partial charge in [0.25, 0.3) is 11.6 Å². The molecule has 1 aromatic heterocycles. The van der Waals surface area contributed by atoms with Gasteiger partial charge in [0.05, 0.1) is 20.5 Å². The lowest BCUT2D eigenvalue weighted by atomic mass is 10.1. The molecule has 0 bridgehead atoms. The van der Waals surface area contributed by atoms with Crippen molar-refractivity contribution in [2.24, 2.45) is 0 Å². The SMILES string of the molecule is CC(OC(=O)c1ccc(N2CCCC2)c([N+](=O)[O-])c1)C(=O)Nc1ncc(Cl)cc1Cl. The third kappa shape index (κ3) is 4.98. The molecular weight excluding hydrogens is 435 g/mol. The van der Waals surface area contributed by atoms with Crippen LogP contribution in [0.15, 0.2) is 30.5 Å². The van der Waals surface area contributed by atoms with E-state index in [1.165, 1.54) is 31.3 Å². The number of halogens is 2. The molecule has 1 fully saturated rings. The number of rotatable bonds is 6. The first kappa shape index (κ1) is 21.8. The number of amides is 1. The zero-order chi connectivity index (χ0) is 21.8. The van der Waals surface area contributed by atoms with E-state index in [4.69, 9.17) is 27.9 Å². The molecule has 1 aliphatic rings. The summed E-state index contributed by atoms with van der Waals surface area (Å²) in [6.45, 7) is 2.82. The van der Waals surface area contributed by atoms with E-state index in [0.29, 0.717) is 10.7 Å². The number of carbonyl (C=O) groups is 2. The Morgan fingerprint density at radius 2 is 1.97 bits per heavy atom. The van der Waals surface area contributed by atoms with Crippen LogP contribution in [0, 0.1) is 10.1 Å². The van der Waals surface area contributed by atoms with Crippen LogP contribution in [-0.4, -0.2) is 41.0 Å². The number of pyridine rings is 1. The summed E-state index contributed by atoms with van der Waals surface area (Å²) in [7, 11) is 0. The highest BCUT2D eigenvalue weighted by atomic mass is 35.5. The second-order valence-corrected chi connectivity index (χ2v) is 7.52. The molecule has 1 aromatic carbocycles. The van der Waals surface area contributed by atoms with Gasteiger partial charge in [0.2, 0.25) is 0 Å². The Hall–Kier alpha value is -2.91. The number of nitrogens with zero attached hydrogens (tertiary/aromatic N) is 3. The third-order valence-corrected chi connectivity index (χ3v) is 5.05. The molecule has 0 spiro atoms. The molecule has 1 amide bonds. The molecule has 2 aromatic rings. The Bertz CT molecular complexity index is 995. The van der Waals surface area contributed by atoms with E-state index >= 15 is 0 Å². The molecule has 158 valence electrons. The van der Waals surface area contributed by atoms with E-state index in [0.717, 1.165) is 32.0 Å². The molecule has 3 rings (SSSR count). The van der Waals surface area contributed by atoms with E-state index in [1.54, 1.807) is 0 Å². The van der Waals surface area contributed by atoms with E-state index < -0.39 is 22.9 Å². The van der Waals surface area contributed by atoms with Crippen molar-refractivity contribution in [3.05, 3.63) is 56.2 Å². The van der Waals surface area contributed by atoms with Gasteiger partial charge in [-0.3, -0.25) is 14.9 Å². The summed E-state index contributed by atoms with van der Waals surface area (Å²) >= 11 is 11.7. The first-order chi connectivity index (χ1) is 14.3. The summed E-state index contributed by atoms with van der Waals surface area (Å²) < 4.78 is 5.15. The maximum Gasteiger partial charge on any atom is 0.339 e. The summed E-state index contributed by atoms with van der Waals surface area (Å²) in [4.78, 5) is 41.5. The quantitative estimate of drug-likeness (QED) is 0.398. The summed E-state index contributed by atoms with van der Waals surface area (Å²) in [5.74, 6) is -1.45. The zero-order valence-corrected chi connectivity index (χ0v) is 17.4. The Balaban J connectivity index is 1.70. The lowest BCUT2D eigenvalue weighted by Gasteiger charge is -2.18. The van der Waals surface area contributed by atoms with Crippen molar-refractivity contribution in [1.29, 1.82) is 0 Å². The molecular formula is C19H18Cl2N4O5. The molecule has 0 saturated carbocycles. The van der Waals surface area contributed by atoms with Gasteiger partial charge in [0.1, 0.15) is 5.69 Å². The molecule has 11 heteroatoms. The van der Waals surface area contributed by atoms with E-state index in [2.05, 4.69) is 10.3 Å².